The van der Waals surface area contributed by atoms with Gasteiger partial charge in [-0.25, -0.2) is 0 Å². The molecule has 92 valence electrons. The Hall–Kier alpha value is -1.10. The molecule has 1 amide bonds. The summed E-state index contributed by atoms with van der Waals surface area (Å²) in [6.07, 6.45) is 0.113. The minimum absolute atomic E-state index is 0.113. The predicted molar refractivity (Wildman–Crippen MR) is 67.3 cm³/mol. The molecule has 17 heavy (non-hydrogen) atoms. The SMILES string of the molecule is Cc1cc(Cl)ccc1NC(=O)CC1(O)CNC1. The number of hydrogen-bond acceptors (Lipinski definition) is 3. The molecule has 0 atom stereocenters. The number of nitrogens with one attached hydrogen (secondary N) is 2. The van der Waals surface area contributed by atoms with Crippen molar-refractivity contribution < 1.29 is 9.90 Å². The summed E-state index contributed by atoms with van der Waals surface area (Å²) in [5.74, 6) is -0.181. The summed E-state index contributed by atoms with van der Waals surface area (Å²) in [5.41, 5.74) is 0.754. The molecule has 1 aliphatic heterocycles. The maximum atomic E-state index is 11.7. The van der Waals surface area contributed by atoms with Gasteiger partial charge in [-0.2, -0.15) is 0 Å². The molecule has 0 saturated carbocycles. The zero-order chi connectivity index (χ0) is 12.5. The van der Waals surface area contributed by atoms with Gasteiger partial charge in [0.05, 0.1) is 12.0 Å². The second-order valence-corrected chi connectivity index (χ2v) is 4.95. The second-order valence-electron chi connectivity index (χ2n) is 4.51. The zero-order valence-electron chi connectivity index (χ0n) is 9.59. The normalized spacial score (nSPS) is 17.4. The number of benzene rings is 1. The number of carbonyl (C=O) groups is 1. The zero-order valence-corrected chi connectivity index (χ0v) is 10.3. The highest BCUT2D eigenvalue weighted by molar-refractivity contribution is 6.30. The molecule has 1 heterocycles. The predicted octanol–water partition coefficient (Wildman–Crippen LogP) is 1.31. The molecule has 5 heteroatoms. The lowest BCUT2D eigenvalue weighted by atomic mass is 9.93. The molecule has 1 aromatic carbocycles. The Morgan fingerprint density at radius 2 is 2.29 bits per heavy atom. The van der Waals surface area contributed by atoms with Crippen LogP contribution in [-0.4, -0.2) is 29.7 Å². The second kappa shape index (κ2) is 4.64. The largest absolute Gasteiger partial charge is 0.387 e. The maximum absolute atomic E-state index is 11.7. The number of aliphatic hydroxyl groups is 1. The lowest BCUT2D eigenvalue weighted by Gasteiger charge is -2.36. The smallest absolute Gasteiger partial charge is 0.227 e. The van der Waals surface area contributed by atoms with Crippen LogP contribution in [0.2, 0.25) is 5.02 Å². The Balaban J connectivity index is 1.98. The fourth-order valence-corrected chi connectivity index (χ4v) is 2.03. The Morgan fingerprint density at radius 1 is 1.59 bits per heavy atom. The third-order valence-corrected chi connectivity index (χ3v) is 3.10. The molecule has 1 aromatic rings. The molecule has 1 aliphatic rings. The van der Waals surface area contributed by atoms with E-state index in [1.165, 1.54) is 0 Å². The average Bonchev–Trinajstić information content (AvgIpc) is 2.20. The van der Waals surface area contributed by atoms with Crippen LogP contribution < -0.4 is 10.6 Å². The van der Waals surface area contributed by atoms with Crippen molar-refractivity contribution in [1.29, 1.82) is 0 Å². The number of carbonyl (C=O) groups excluding carboxylic acids is 1. The van der Waals surface area contributed by atoms with Crippen LogP contribution in [-0.2, 0) is 4.79 Å². The van der Waals surface area contributed by atoms with E-state index in [9.17, 15) is 9.90 Å². The van der Waals surface area contributed by atoms with Crippen molar-refractivity contribution in [3.05, 3.63) is 28.8 Å². The lowest BCUT2D eigenvalue weighted by Crippen LogP contribution is -2.60. The summed E-state index contributed by atoms with van der Waals surface area (Å²) < 4.78 is 0. The van der Waals surface area contributed by atoms with Gasteiger partial charge in [-0.3, -0.25) is 4.79 Å². The third-order valence-electron chi connectivity index (χ3n) is 2.86. The van der Waals surface area contributed by atoms with Crippen LogP contribution in [0, 0.1) is 6.92 Å². The summed E-state index contributed by atoms with van der Waals surface area (Å²) >= 11 is 5.83. The summed E-state index contributed by atoms with van der Waals surface area (Å²) in [4.78, 5) is 11.7. The topological polar surface area (TPSA) is 61.4 Å². The molecular weight excluding hydrogens is 240 g/mol. The fourth-order valence-electron chi connectivity index (χ4n) is 1.80. The summed E-state index contributed by atoms with van der Waals surface area (Å²) in [6, 6.07) is 5.28. The quantitative estimate of drug-likeness (QED) is 0.762. The van der Waals surface area contributed by atoms with Crippen LogP contribution in [0.25, 0.3) is 0 Å². The first kappa shape index (κ1) is 12.4. The van der Waals surface area contributed by atoms with Crippen molar-refractivity contribution in [3.8, 4) is 0 Å². The molecule has 4 nitrogen and oxygen atoms in total. The van der Waals surface area contributed by atoms with E-state index in [1.807, 2.05) is 6.92 Å². The first-order valence-electron chi connectivity index (χ1n) is 5.48. The average molecular weight is 255 g/mol. The van der Waals surface area contributed by atoms with Crippen LogP contribution in [0.4, 0.5) is 5.69 Å². The van der Waals surface area contributed by atoms with Crippen LogP contribution in [0.1, 0.15) is 12.0 Å². The highest BCUT2D eigenvalue weighted by atomic mass is 35.5. The van der Waals surface area contributed by atoms with Crippen molar-refractivity contribution >= 4 is 23.2 Å². The number of aryl methyl sites for hydroxylation is 1. The van der Waals surface area contributed by atoms with Crippen molar-refractivity contribution in [1.82, 2.24) is 5.32 Å². The molecule has 0 bridgehead atoms. The van der Waals surface area contributed by atoms with E-state index in [4.69, 9.17) is 11.6 Å². The van der Waals surface area contributed by atoms with Gasteiger partial charge in [-0.15, -0.1) is 0 Å². The van der Waals surface area contributed by atoms with Crippen molar-refractivity contribution in [2.75, 3.05) is 18.4 Å². The molecule has 0 aromatic heterocycles. The highest BCUT2D eigenvalue weighted by Gasteiger charge is 2.36. The standard InChI is InChI=1S/C12H15ClN2O2/c1-8-4-9(13)2-3-10(8)15-11(16)5-12(17)6-14-7-12/h2-4,14,17H,5-7H2,1H3,(H,15,16). The maximum Gasteiger partial charge on any atom is 0.227 e. The first-order valence-corrected chi connectivity index (χ1v) is 5.85. The van der Waals surface area contributed by atoms with Gasteiger partial charge in [-0.1, -0.05) is 11.6 Å². The molecule has 0 unspecified atom stereocenters. The number of hydrogen-bond donors (Lipinski definition) is 3. The van der Waals surface area contributed by atoms with Crippen LogP contribution in [0.5, 0.6) is 0 Å². The van der Waals surface area contributed by atoms with Gasteiger partial charge in [0.2, 0.25) is 5.91 Å². The minimum Gasteiger partial charge on any atom is -0.387 e. The summed E-state index contributed by atoms with van der Waals surface area (Å²) in [6.45, 7) is 2.82. The first-order chi connectivity index (χ1) is 7.98. The Labute approximate surface area is 105 Å². The Morgan fingerprint density at radius 3 is 2.82 bits per heavy atom. The van der Waals surface area contributed by atoms with Crippen LogP contribution in [0.15, 0.2) is 18.2 Å². The molecule has 0 aliphatic carbocycles. The van der Waals surface area contributed by atoms with Gasteiger partial charge in [0, 0.05) is 23.8 Å². The number of rotatable bonds is 3. The highest BCUT2D eigenvalue weighted by Crippen LogP contribution is 2.21. The molecular formula is C12H15ClN2O2. The molecule has 0 radical (unpaired) electrons. The molecule has 3 N–H and O–H groups in total. The van der Waals surface area contributed by atoms with Gasteiger partial charge in [0.25, 0.3) is 0 Å². The van der Waals surface area contributed by atoms with Crippen molar-refractivity contribution in [2.45, 2.75) is 18.9 Å². The van der Waals surface area contributed by atoms with Crippen LogP contribution >= 0.6 is 11.6 Å². The van der Waals surface area contributed by atoms with E-state index in [1.54, 1.807) is 18.2 Å². The van der Waals surface area contributed by atoms with E-state index in [-0.39, 0.29) is 12.3 Å². The number of amides is 1. The van der Waals surface area contributed by atoms with Gasteiger partial charge in [0.15, 0.2) is 0 Å². The molecule has 1 saturated heterocycles. The minimum atomic E-state index is -0.885. The van der Waals surface area contributed by atoms with E-state index in [0.717, 1.165) is 11.3 Å². The molecule has 0 spiro atoms. The van der Waals surface area contributed by atoms with Gasteiger partial charge >= 0.3 is 0 Å². The van der Waals surface area contributed by atoms with Gasteiger partial charge in [0.1, 0.15) is 0 Å². The third kappa shape index (κ3) is 2.97. The van der Waals surface area contributed by atoms with E-state index >= 15 is 0 Å². The van der Waals surface area contributed by atoms with Crippen molar-refractivity contribution in [3.63, 3.8) is 0 Å². The Kier molecular flexibility index (Phi) is 3.38. The summed E-state index contributed by atoms with van der Waals surface area (Å²) in [7, 11) is 0. The number of anilines is 1. The van der Waals surface area contributed by atoms with Crippen molar-refractivity contribution in [2.24, 2.45) is 0 Å². The van der Waals surface area contributed by atoms with Crippen LogP contribution in [0.3, 0.4) is 0 Å². The van der Waals surface area contributed by atoms with E-state index in [0.29, 0.717) is 18.1 Å². The molecule has 2 rings (SSSR count). The lowest BCUT2D eigenvalue weighted by molar-refractivity contribution is -0.123. The fraction of sp³-hybridized carbons (Fsp3) is 0.417. The number of halogens is 1. The monoisotopic (exact) mass is 254 g/mol. The molecule has 1 fully saturated rings. The number of β-amino-alcohol motifs (C(OH)–C–C–N with tert-alkyl or cyclic N) is 1. The van der Waals surface area contributed by atoms with Gasteiger partial charge in [-0.05, 0) is 30.7 Å². The van der Waals surface area contributed by atoms with E-state index in [2.05, 4.69) is 10.6 Å². The Bertz CT molecular complexity index is 444. The summed E-state index contributed by atoms with van der Waals surface area (Å²) in [5, 5.41) is 16.2. The van der Waals surface area contributed by atoms with E-state index < -0.39 is 5.60 Å². The van der Waals surface area contributed by atoms with Gasteiger partial charge < -0.3 is 15.7 Å².